The number of benzene rings is 2. The largest absolute Gasteiger partial charge is 0.494 e. The lowest BCUT2D eigenvalue weighted by atomic mass is 10.1. The molecule has 1 fully saturated rings. The van der Waals surface area contributed by atoms with Gasteiger partial charge in [-0.15, -0.1) is 0 Å². The number of rotatable bonds is 7. The van der Waals surface area contributed by atoms with Gasteiger partial charge in [0.2, 0.25) is 11.8 Å². The Kier molecular flexibility index (Phi) is 6.09. The molecule has 3 rings (SSSR count). The Morgan fingerprint density at radius 3 is 2.50 bits per heavy atom. The van der Waals surface area contributed by atoms with Gasteiger partial charge in [-0.25, -0.2) is 4.39 Å². The molecule has 1 aliphatic carbocycles. The van der Waals surface area contributed by atoms with Crippen LogP contribution in [0.2, 0.25) is 0 Å². The summed E-state index contributed by atoms with van der Waals surface area (Å²) in [5.74, 6) is -0.382. The third-order valence-electron chi connectivity index (χ3n) is 4.59. The van der Waals surface area contributed by atoms with Crippen LogP contribution in [0.1, 0.15) is 36.9 Å². The van der Waals surface area contributed by atoms with Crippen LogP contribution in [0.15, 0.2) is 48.5 Å². The molecule has 2 N–H and O–H groups in total. The second-order valence-corrected chi connectivity index (χ2v) is 6.84. The standard InChI is InChI=1S/C22H23FN2O3/c1-14(16-7-9-18(10-8-16)25-22(27)17-5-6-17)24-21(26)12-4-15-3-11-20(28-2)19(23)13-15/h3-4,7-14,17H,5-6H2,1-2H3,(H,24,26)(H,25,27)/b12-4+. The van der Waals surface area contributed by atoms with Gasteiger partial charge in [0.05, 0.1) is 13.2 Å². The van der Waals surface area contributed by atoms with Crippen molar-refractivity contribution in [1.82, 2.24) is 5.32 Å². The maximum absolute atomic E-state index is 13.7. The van der Waals surface area contributed by atoms with Crippen molar-refractivity contribution in [3.05, 3.63) is 65.5 Å². The first-order chi connectivity index (χ1) is 13.5. The Morgan fingerprint density at radius 1 is 1.18 bits per heavy atom. The molecule has 28 heavy (non-hydrogen) atoms. The second kappa shape index (κ2) is 8.69. The molecule has 0 heterocycles. The molecule has 0 bridgehead atoms. The molecule has 146 valence electrons. The van der Waals surface area contributed by atoms with E-state index in [0.717, 1.165) is 24.1 Å². The van der Waals surface area contributed by atoms with Crippen LogP contribution < -0.4 is 15.4 Å². The molecule has 1 saturated carbocycles. The number of carbonyl (C=O) groups is 2. The third kappa shape index (κ3) is 5.19. The topological polar surface area (TPSA) is 67.4 Å². The number of hydrogen-bond acceptors (Lipinski definition) is 3. The van der Waals surface area contributed by atoms with Crippen LogP contribution >= 0.6 is 0 Å². The molecule has 0 radical (unpaired) electrons. The van der Waals surface area contributed by atoms with Gasteiger partial charge in [-0.2, -0.15) is 0 Å². The zero-order valence-corrected chi connectivity index (χ0v) is 15.9. The predicted molar refractivity (Wildman–Crippen MR) is 106 cm³/mol. The van der Waals surface area contributed by atoms with E-state index in [1.54, 1.807) is 12.1 Å². The Bertz CT molecular complexity index is 889. The molecule has 0 saturated heterocycles. The fourth-order valence-corrected chi connectivity index (χ4v) is 2.75. The quantitative estimate of drug-likeness (QED) is 0.709. The highest BCUT2D eigenvalue weighted by Crippen LogP contribution is 2.30. The minimum absolute atomic E-state index is 0.0641. The van der Waals surface area contributed by atoms with Gasteiger partial charge in [0.1, 0.15) is 0 Å². The first kappa shape index (κ1) is 19.6. The summed E-state index contributed by atoms with van der Waals surface area (Å²) in [6.07, 6.45) is 4.83. The number of anilines is 1. The van der Waals surface area contributed by atoms with Gasteiger partial charge in [0, 0.05) is 17.7 Å². The summed E-state index contributed by atoms with van der Waals surface area (Å²) >= 11 is 0. The van der Waals surface area contributed by atoms with Crippen molar-refractivity contribution in [2.75, 3.05) is 12.4 Å². The summed E-state index contributed by atoms with van der Waals surface area (Å²) in [5, 5.41) is 5.75. The van der Waals surface area contributed by atoms with Gasteiger partial charge in [0.15, 0.2) is 11.6 Å². The molecule has 5 nitrogen and oxygen atoms in total. The molecule has 0 spiro atoms. The summed E-state index contributed by atoms with van der Waals surface area (Å²) in [4.78, 5) is 23.9. The number of methoxy groups -OCH3 is 1. The monoisotopic (exact) mass is 382 g/mol. The summed E-state index contributed by atoms with van der Waals surface area (Å²) < 4.78 is 18.5. The van der Waals surface area contributed by atoms with E-state index in [0.29, 0.717) is 5.56 Å². The molecule has 0 aliphatic heterocycles. The number of hydrogen-bond donors (Lipinski definition) is 2. The second-order valence-electron chi connectivity index (χ2n) is 6.84. The molecule has 2 amide bonds. The maximum Gasteiger partial charge on any atom is 0.244 e. The molecule has 1 unspecified atom stereocenters. The molecule has 1 atom stereocenters. The van der Waals surface area contributed by atoms with Crippen LogP contribution in [0.25, 0.3) is 6.08 Å². The Morgan fingerprint density at radius 2 is 1.89 bits per heavy atom. The van der Waals surface area contributed by atoms with Crippen molar-refractivity contribution in [1.29, 1.82) is 0 Å². The molecule has 1 aliphatic rings. The summed E-state index contributed by atoms with van der Waals surface area (Å²) in [7, 11) is 1.40. The lowest BCUT2D eigenvalue weighted by Crippen LogP contribution is -2.24. The fourth-order valence-electron chi connectivity index (χ4n) is 2.75. The van der Waals surface area contributed by atoms with Gasteiger partial charge in [-0.3, -0.25) is 9.59 Å². The molecule has 0 aromatic heterocycles. The van der Waals surface area contributed by atoms with E-state index in [1.165, 1.54) is 25.3 Å². The lowest BCUT2D eigenvalue weighted by Gasteiger charge is -2.14. The van der Waals surface area contributed by atoms with Crippen molar-refractivity contribution in [2.24, 2.45) is 5.92 Å². The first-order valence-corrected chi connectivity index (χ1v) is 9.19. The van der Waals surface area contributed by atoms with Crippen LogP contribution in [-0.2, 0) is 9.59 Å². The van der Waals surface area contributed by atoms with Crippen molar-refractivity contribution < 1.29 is 18.7 Å². The average molecular weight is 382 g/mol. The van der Waals surface area contributed by atoms with Crippen molar-refractivity contribution in [3.63, 3.8) is 0 Å². The van der Waals surface area contributed by atoms with Crippen LogP contribution in [0, 0.1) is 11.7 Å². The van der Waals surface area contributed by atoms with Gasteiger partial charge >= 0.3 is 0 Å². The molecule has 6 heteroatoms. The van der Waals surface area contributed by atoms with E-state index in [4.69, 9.17) is 4.74 Å². The number of ether oxygens (including phenoxy) is 1. The summed E-state index contributed by atoms with van der Waals surface area (Å²) in [5.41, 5.74) is 2.24. The van der Waals surface area contributed by atoms with E-state index < -0.39 is 5.82 Å². The molecule has 2 aromatic rings. The summed E-state index contributed by atoms with van der Waals surface area (Å²) in [6, 6.07) is 11.7. The highest BCUT2D eigenvalue weighted by molar-refractivity contribution is 5.94. The van der Waals surface area contributed by atoms with Crippen molar-refractivity contribution in [2.45, 2.75) is 25.8 Å². The Labute approximate surface area is 163 Å². The van der Waals surface area contributed by atoms with Crippen LogP contribution in [0.5, 0.6) is 5.75 Å². The van der Waals surface area contributed by atoms with E-state index in [2.05, 4.69) is 10.6 Å². The van der Waals surface area contributed by atoms with Crippen molar-refractivity contribution in [3.8, 4) is 5.75 Å². The van der Waals surface area contributed by atoms with Crippen LogP contribution in [-0.4, -0.2) is 18.9 Å². The average Bonchev–Trinajstić information content (AvgIpc) is 3.52. The minimum atomic E-state index is -0.479. The van der Waals surface area contributed by atoms with Crippen molar-refractivity contribution >= 4 is 23.6 Å². The van der Waals surface area contributed by atoms with Gasteiger partial charge in [-0.1, -0.05) is 18.2 Å². The summed E-state index contributed by atoms with van der Waals surface area (Å²) in [6.45, 7) is 1.87. The Balaban J connectivity index is 1.54. The number of halogens is 1. The highest BCUT2D eigenvalue weighted by Gasteiger charge is 2.29. The van der Waals surface area contributed by atoms with Gasteiger partial charge < -0.3 is 15.4 Å². The minimum Gasteiger partial charge on any atom is -0.494 e. The number of nitrogens with one attached hydrogen (secondary N) is 2. The smallest absolute Gasteiger partial charge is 0.244 e. The van der Waals surface area contributed by atoms with Crippen LogP contribution in [0.3, 0.4) is 0 Å². The zero-order chi connectivity index (χ0) is 20.1. The third-order valence-corrected chi connectivity index (χ3v) is 4.59. The zero-order valence-electron chi connectivity index (χ0n) is 15.9. The van der Waals surface area contributed by atoms with Gasteiger partial charge in [-0.05, 0) is 61.2 Å². The number of carbonyl (C=O) groups excluding carboxylic acids is 2. The Hall–Kier alpha value is -3.15. The number of amides is 2. The van der Waals surface area contributed by atoms with E-state index >= 15 is 0 Å². The lowest BCUT2D eigenvalue weighted by molar-refractivity contribution is -0.118. The first-order valence-electron chi connectivity index (χ1n) is 9.19. The fraction of sp³-hybridized carbons (Fsp3) is 0.273. The van der Waals surface area contributed by atoms with E-state index in [9.17, 15) is 14.0 Å². The molecular formula is C22H23FN2O3. The molecule has 2 aromatic carbocycles. The SMILES string of the molecule is COc1ccc(/C=C/C(=O)NC(C)c2ccc(NC(=O)C3CC3)cc2)cc1F. The van der Waals surface area contributed by atoms with Gasteiger partial charge in [0.25, 0.3) is 0 Å². The van der Waals surface area contributed by atoms with Crippen LogP contribution in [0.4, 0.5) is 10.1 Å². The van der Waals surface area contributed by atoms with E-state index in [1.807, 2.05) is 31.2 Å². The maximum atomic E-state index is 13.7. The predicted octanol–water partition coefficient (Wildman–Crippen LogP) is 4.07. The normalized spacial score (nSPS) is 14.5. The molecular weight excluding hydrogens is 359 g/mol. The van der Waals surface area contributed by atoms with E-state index in [-0.39, 0.29) is 29.5 Å². The highest BCUT2D eigenvalue weighted by atomic mass is 19.1.